The van der Waals surface area contributed by atoms with Crippen molar-refractivity contribution in [3.63, 3.8) is 0 Å². The lowest BCUT2D eigenvalue weighted by atomic mass is 10.1. The van der Waals surface area contributed by atoms with E-state index in [9.17, 15) is 18.0 Å². The zero-order chi connectivity index (χ0) is 29.3. The maximum Gasteiger partial charge on any atom is 0.264 e. The molecule has 0 aromatic heterocycles. The van der Waals surface area contributed by atoms with Crippen LogP contribution in [-0.2, 0) is 26.2 Å². The molecule has 1 unspecified atom stereocenters. The van der Waals surface area contributed by atoms with Crippen LogP contribution in [0.5, 0.6) is 0 Å². The zero-order valence-electron chi connectivity index (χ0n) is 23.6. The Kier molecular flexibility index (Phi) is 11.2. The first-order valence-electron chi connectivity index (χ1n) is 13.5. The van der Waals surface area contributed by atoms with E-state index in [4.69, 9.17) is 11.6 Å². The summed E-state index contributed by atoms with van der Waals surface area (Å²) in [5.74, 6) is -0.742. The van der Waals surface area contributed by atoms with Crippen LogP contribution in [0, 0.1) is 13.8 Å². The monoisotopic (exact) mass is 583 g/mol. The number of benzene rings is 3. The van der Waals surface area contributed by atoms with Crippen LogP contribution in [0.4, 0.5) is 5.69 Å². The SMILES string of the molecule is CCCCNC(=O)C(CC)N(Cc1ccc(Cl)cc1)C(=O)CN(c1cc(C)cc(C)c1)S(=O)(=O)c1ccccc1. The predicted octanol–water partition coefficient (Wildman–Crippen LogP) is 5.88. The van der Waals surface area contributed by atoms with Crippen molar-refractivity contribution in [1.82, 2.24) is 10.2 Å². The number of halogens is 1. The van der Waals surface area contributed by atoms with Gasteiger partial charge in [-0.25, -0.2) is 8.42 Å². The Labute approximate surface area is 243 Å². The van der Waals surface area contributed by atoms with E-state index in [0.717, 1.165) is 33.8 Å². The van der Waals surface area contributed by atoms with Gasteiger partial charge in [0.1, 0.15) is 12.6 Å². The first-order valence-corrected chi connectivity index (χ1v) is 15.4. The molecule has 0 aliphatic carbocycles. The summed E-state index contributed by atoms with van der Waals surface area (Å²) in [6.07, 6.45) is 2.11. The number of rotatable bonds is 13. The summed E-state index contributed by atoms with van der Waals surface area (Å²) in [5, 5.41) is 3.49. The number of hydrogen-bond acceptors (Lipinski definition) is 4. The molecule has 0 saturated carbocycles. The van der Waals surface area contributed by atoms with E-state index in [1.54, 1.807) is 54.6 Å². The summed E-state index contributed by atoms with van der Waals surface area (Å²) < 4.78 is 29.0. The van der Waals surface area contributed by atoms with Crippen LogP contribution < -0.4 is 9.62 Å². The van der Waals surface area contributed by atoms with Gasteiger partial charge in [-0.2, -0.15) is 0 Å². The second-order valence-electron chi connectivity index (χ2n) is 9.89. The predicted molar refractivity (Wildman–Crippen MR) is 161 cm³/mol. The third-order valence-electron chi connectivity index (χ3n) is 6.59. The largest absolute Gasteiger partial charge is 0.354 e. The summed E-state index contributed by atoms with van der Waals surface area (Å²) in [6, 6.07) is 19.8. The third-order valence-corrected chi connectivity index (χ3v) is 8.63. The van der Waals surface area contributed by atoms with E-state index in [0.29, 0.717) is 23.7 Å². The number of anilines is 1. The number of nitrogens with zero attached hydrogens (tertiary/aromatic N) is 2. The molecule has 0 bridgehead atoms. The molecule has 3 aromatic rings. The molecular formula is C31H38ClN3O4S. The van der Waals surface area contributed by atoms with E-state index >= 15 is 0 Å². The molecule has 3 rings (SSSR count). The fraction of sp³-hybridized carbons (Fsp3) is 0.355. The Balaban J connectivity index is 2.05. The molecule has 0 heterocycles. The second kappa shape index (κ2) is 14.3. The number of unbranched alkanes of at least 4 members (excludes halogenated alkanes) is 1. The standard InChI is InChI=1S/C31H38ClN3O4S/c1-5-7-17-33-31(37)29(6-2)34(21-25-13-15-26(32)16-14-25)30(36)22-35(27-19-23(3)18-24(4)20-27)40(38,39)28-11-9-8-10-12-28/h8-16,18-20,29H,5-7,17,21-22H2,1-4H3,(H,33,37). The molecule has 40 heavy (non-hydrogen) atoms. The van der Waals surface area contributed by atoms with Gasteiger partial charge in [0.15, 0.2) is 0 Å². The third kappa shape index (κ3) is 8.08. The van der Waals surface area contributed by atoms with Crippen molar-refractivity contribution >= 4 is 39.1 Å². The molecule has 0 aliphatic rings. The lowest BCUT2D eigenvalue weighted by Crippen LogP contribution is -2.52. The molecule has 0 saturated heterocycles. The number of hydrogen-bond donors (Lipinski definition) is 1. The highest BCUT2D eigenvalue weighted by molar-refractivity contribution is 7.92. The van der Waals surface area contributed by atoms with E-state index in [1.807, 2.05) is 33.8 Å². The summed E-state index contributed by atoms with van der Waals surface area (Å²) in [7, 11) is -4.10. The summed E-state index contributed by atoms with van der Waals surface area (Å²) in [6.45, 7) is 7.81. The van der Waals surface area contributed by atoms with Crippen LogP contribution in [0.15, 0.2) is 77.7 Å². The summed E-state index contributed by atoms with van der Waals surface area (Å²) >= 11 is 6.07. The zero-order valence-corrected chi connectivity index (χ0v) is 25.1. The molecule has 9 heteroatoms. The smallest absolute Gasteiger partial charge is 0.264 e. The minimum absolute atomic E-state index is 0.0792. The fourth-order valence-electron chi connectivity index (χ4n) is 4.56. The molecule has 3 aromatic carbocycles. The van der Waals surface area contributed by atoms with Gasteiger partial charge in [-0.3, -0.25) is 13.9 Å². The highest BCUT2D eigenvalue weighted by Gasteiger charge is 2.33. The van der Waals surface area contributed by atoms with Crippen LogP contribution in [0.25, 0.3) is 0 Å². The van der Waals surface area contributed by atoms with Crippen molar-refractivity contribution in [2.45, 2.75) is 64.4 Å². The lowest BCUT2D eigenvalue weighted by Gasteiger charge is -2.33. The van der Waals surface area contributed by atoms with Gasteiger partial charge >= 0.3 is 0 Å². The second-order valence-corrected chi connectivity index (χ2v) is 12.2. The molecule has 1 N–H and O–H groups in total. The van der Waals surface area contributed by atoms with Gasteiger partial charge in [0.05, 0.1) is 10.6 Å². The Hall–Kier alpha value is -3.36. The highest BCUT2D eigenvalue weighted by atomic mass is 35.5. The molecule has 0 spiro atoms. The average Bonchev–Trinajstić information content (AvgIpc) is 2.92. The fourth-order valence-corrected chi connectivity index (χ4v) is 6.10. The van der Waals surface area contributed by atoms with Crippen molar-refractivity contribution in [2.75, 3.05) is 17.4 Å². The van der Waals surface area contributed by atoms with Crippen LogP contribution in [0.2, 0.25) is 5.02 Å². The topological polar surface area (TPSA) is 86.8 Å². The lowest BCUT2D eigenvalue weighted by molar-refractivity contribution is -0.140. The van der Waals surface area contributed by atoms with E-state index < -0.39 is 28.5 Å². The minimum atomic E-state index is -4.10. The minimum Gasteiger partial charge on any atom is -0.354 e. The van der Waals surface area contributed by atoms with E-state index in [2.05, 4.69) is 5.32 Å². The maximum absolute atomic E-state index is 14.1. The first kappa shape index (κ1) is 31.2. The van der Waals surface area contributed by atoms with E-state index in [-0.39, 0.29) is 17.3 Å². The van der Waals surface area contributed by atoms with Crippen LogP contribution in [-0.4, -0.2) is 44.3 Å². The van der Waals surface area contributed by atoms with Crippen molar-refractivity contribution in [3.05, 3.63) is 94.5 Å². The number of sulfonamides is 1. The molecule has 0 aliphatic heterocycles. The number of carbonyl (C=O) groups excluding carboxylic acids is 2. The summed E-state index contributed by atoms with van der Waals surface area (Å²) in [4.78, 5) is 28.9. The van der Waals surface area contributed by atoms with Gasteiger partial charge < -0.3 is 10.2 Å². The Morgan fingerprint density at radius 2 is 1.55 bits per heavy atom. The Morgan fingerprint density at radius 3 is 2.12 bits per heavy atom. The molecular weight excluding hydrogens is 546 g/mol. The van der Waals surface area contributed by atoms with Crippen molar-refractivity contribution in [3.8, 4) is 0 Å². The first-order chi connectivity index (χ1) is 19.1. The van der Waals surface area contributed by atoms with E-state index in [1.165, 1.54) is 17.0 Å². The molecule has 214 valence electrons. The number of nitrogens with one attached hydrogen (secondary N) is 1. The van der Waals surface area contributed by atoms with Crippen LogP contribution >= 0.6 is 11.6 Å². The number of carbonyl (C=O) groups is 2. The van der Waals surface area contributed by atoms with Crippen LogP contribution in [0.1, 0.15) is 49.8 Å². The number of amides is 2. The Bertz CT molecular complexity index is 1380. The van der Waals surface area contributed by atoms with Crippen molar-refractivity contribution in [2.24, 2.45) is 0 Å². The van der Waals surface area contributed by atoms with Gasteiger partial charge in [-0.05, 0) is 79.8 Å². The van der Waals surface area contributed by atoms with Gasteiger partial charge in [-0.15, -0.1) is 0 Å². The molecule has 7 nitrogen and oxygen atoms in total. The summed E-state index contributed by atoms with van der Waals surface area (Å²) in [5.41, 5.74) is 2.91. The maximum atomic E-state index is 14.1. The molecule has 0 fully saturated rings. The molecule has 2 amide bonds. The molecule has 1 atom stereocenters. The van der Waals surface area contributed by atoms with Gasteiger partial charge in [0.25, 0.3) is 10.0 Å². The highest BCUT2D eigenvalue weighted by Crippen LogP contribution is 2.27. The Morgan fingerprint density at radius 1 is 0.925 bits per heavy atom. The van der Waals surface area contributed by atoms with Gasteiger partial charge in [-0.1, -0.05) is 68.3 Å². The number of aryl methyl sites for hydroxylation is 2. The normalized spacial score (nSPS) is 12.0. The quantitative estimate of drug-likeness (QED) is 0.255. The molecule has 0 radical (unpaired) electrons. The van der Waals surface area contributed by atoms with Crippen molar-refractivity contribution in [1.29, 1.82) is 0 Å². The van der Waals surface area contributed by atoms with Crippen molar-refractivity contribution < 1.29 is 18.0 Å². The average molecular weight is 584 g/mol. The van der Waals surface area contributed by atoms with Gasteiger partial charge in [0, 0.05) is 18.1 Å². The van der Waals surface area contributed by atoms with Crippen LogP contribution in [0.3, 0.4) is 0 Å². The van der Waals surface area contributed by atoms with Gasteiger partial charge in [0.2, 0.25) is 11.8 Å².